The highest BCUT2D eigenvalue weighted by Gasteiger charge is 2.18. The zero-order valence-electron chi connectivity index (χ0n) is 23.2. The molecular formula is C30H49N5O. The Balaban J connectivity index is 0.00000106. The number of hydrogen-bond donors (Lipinski definition) is 2. The third kappa shape index (κ3) is 10.2. The van der Waals surface area contributed by atoms with E-state index in [4.69, 9.17) is 20.7 Å². The van der Waals surface area contributed by atoms with Crippen molar-refractivity contribution in [2.45, 2.75) is 124 Å². The fraction of sp³-hybridized carbons (Fsp3) is 0.633. The monoisotopic (exact) mass is 495 g/mol. The van der Waals surface area contributed by atoms with Crippen molar-refractivity contribution in [2.24, 2.45) is 5.73 Å². The van der Waals surface area contributed by atoms with Gasteiger partial charge in [-0.15, -0.1) is 0 Å². The van der Waals surface area contributed by atoms with E-state index in [1.807, 2.05) is 0 Å². The number of aromatic nitrogens is 3. The topological polar surface area (TPSA) is 93.7 Å². The number of amidine groups is 1. The summed E-state index contributed by atoms with van der Waals surface area (Å²) < 4.78 is 8.01. The average Bonchev–Trinajstić information content (AvgIpc) is 3.49. The number of nitrogens with one attached hydrogen (secondary N) is 1. The van der Waals surface area contributed by atoms with E-state index in [9.17, 15) is 0 Å². The maximum absolute atomic E-state index is 6.28. The first kappa shape index (κ1) is 29.6. The van der Waals surface area contributed by atoms with Crippen LogP contribution in [0.5, 0.6) is 0 Å². The van der Waals surface area contributed by atoms with Crippen LogP contribution < -0.4 is 5.73 Å². The zero-order valence-corrected chi connectivity index (χ0v) is 23.2. The van der Waals surface area contributed by atoms with Crippen molar-refractivity contribution in [3.05, 3.63) is 36.4 Å². The molecule has 0 fully saturated rings. The van der Waals surface area contributed by atoms with Crippen molar-refractivity contribution >= 4 is 16.7 Å². The highest BCUT2D eigenvalue weighted by atomic mass is 16.5. The van der Waals surface area contributed by atoms with E-state index in [1.165, 1.54) is 94.9 Å². The van der Waals surface area contributed by atoms with E-state index in [0.717, 1.165) is 30.2 Å². The quantitative estimate of drug-likeness (QED) is 0.118. The third-order valence-electron chi connectivity index (χ3n) is 6.64. The van der Waals surface area contributed by atoms with E-state index in [1.54, 1.807) is 0 Å². The standard InChI is InChI=1S/C28H43N3O.C2H6N2/c1-4-6-8-9-10-11-12-13-14-17-21-31-22-25(24-19-15-16-20-26(24)31)27-29-28(32-30-27)23(3)18-7-5-2;1-2(3)4/h15-16,19-20,22-23H,4-14,17-18,21H2,1-3H3;1H3,(H3,3,4)/t23-;/m0./s1. The van der Waals surface area contributed by atoms with Crippen molar-refractivity contribution in [2.75, 3.05) is 0 Å². The molecular weight excluding hydrogens is 446 g/mol. The van der Waals surface area contributed by atoms with E-state index < -0.39 is 0 Å². The average molecular weight is 496 g/mol. The minimum Gasteiger partial charge on any atom is -0.388 e. The molecule has 2 heterocycles. The van der Waals surface area contributed by atoms with Crippen LogP contribution in [0.2, 0.25) is 0 Å². The Bertz CT molecular complexity index is 1000. The van der Waals surface area contributed by atoms with Gasteiger partial charge in [0.2, 0.25) is 11.7 Å². The molecule has 0 aliphatic carbocycles. The highest BCUT2D eigenvalue weighted by Crippen LogP contribution is 2.31. The van der Waals surface area contributed by atoms with Gasteiger partial charge in [-0.25, -0.2) is 0 Å². The molecule has 3 aromatic rings. The molecule has 36 heavy (non-hydrogen) atoms. The van der Waals surface area contributed by atoms with Gasteiger partial charge in [-0.3, -0.25) is 5.41 Å². The second-order valence-electron chi connectivity index (χ2n) is 10.1. The van der Waals surface area contributed by atoms with Crippen LogP contribution in [0.1, 0.15) is 123 Å². The highest BCUT2D eigenvalue weighted by molar-refractivity contribution is 5.94. The van der Waals surface area contributed by atoms with Gasteiger partial charge in [0.1, 0.15) is 0 Å². The lowest BCUT2D eigenvalue weighted by molar-refractivity contribution is 0.351. The smallest absolute Gasteiger partial charge is 0.229 e. The SMILES string of the molecule is CC(=N)N.CCCCCCCCCCCCn1cc(-c2noc([C@@H](C)CCCC)n2)c2ccccc21. The summed E-state index contributed by atoms with van der Waals surface area (Å²) in [6.45, 7) is 9.26. The summed E-state index contributed by atoms with van der Waals surface area (Å²) in [5, 5.41) is 11.8. The fourth-order valence-corrected chi connectivity index (χ4v) is 4.56. The molecule has 1 atom stereocenters. The van der Waals surface area contributed by atoms with Gasteiger partial charge in [0.25, 0.3) is 0 Å². The van der Waals surface area contributed by atoms with Crippen LogP contribution in [-0.2, 0) is 6.54 Å². The predicted octanol–water partition coefficient (Wildman–Crippen LogP) is 8.85. The number of fused-ring (bicyclic) bond motifs is 1. The number of hydrogen-bond acceptors (Lipinski definition) is 4. The molecule has 0 saturated carbocycles. The van der Waals surface area contributed by atoms with Gasteiger partial charge in [-0.1, -0.05) is 115 Å². The molecule has 0 saturated heterocycles. The van der Waals surface area contributed by atoms with Crippen LogP contribution in [0.15, 0.2) is 35.0 Å². The number of rotatable bonds is 16. The Hall–Kier alpha value is -2.63. The van der Waals surface area contributed by atoms with Crippen LogP contribution in [0.25, 0.3) is 22.3 Å². The molecule has 0 aliphatic rings. The number of nitrogens with zero attached hydrogens (tertiary/aromatic N) is 3. The van der Waals surface area contributed by atoms with E-state index >= 15 is 0 Å². The normalized spacial score (nSPS) is 11.9. The van der Waals surface area contributed by atoms with Gasteiger partial charge in [-0.05, 0) is 25.8 Å². The van der Waals surface area contributed by atoms with Gasteiger partial charge in [0.15, 0.2) is 0 Å². The van der Waals surface area contributed by atoms with Gasteiger partial charge in [0.05, 0.1) is 5.84 Å². The number of unbranched alkanes of at least 4 members (excludes halogenated alkanes) is 10. The van der Waals surface area contributed by atoms with Crippen LogP contribution in [0, 0.1) is 5.41 Å². The molecule has 1 aromatic carbocycles. The van der Waals surface area contributed by atoms with Crippen molar-refractivity contribution in [3.63, 3.8) is 0 Å². The minimum absolute atomic E-state index is 0.167. The molecule has 0 radical (unpaired) electrons. The summed E-state index contributed by atoms with van der Waals surface area (Å²) in [4.78, 5) is 4.76. The molecule has 0 aliphatic heterocycles. The van der Waals surface area contributed by atoms with E-state index in [0.29, 0.717) is 5.92 Å². The summed E-state index contributed by atoms with van der Waals surface area (Å²) in [6.07, 6.45) is 19.3. The summed E-state index contributed by atoms with van der Waals surface area (Å²) in [7, 11) is 0. The maximum atomic E-state index is 6.28. The Morgan fingerprint density at radius 3 is 2.17 bits per heavy atom. The largest absolute Gasteiger partial charge is 0.388 e. The molecule has 0 bridgehead atoms. The predicted molar refractivity (Wildman–Crippen MR) is 153 cm³/mol. The second kappa shape index (κ2) is 16.9. The summed E-state index contributed by atoms with van der Waals surface area (Å²) in [5.74, 6) is 1.97. The van der Waals surface area contributed by atoms with Crippen molar-refractivity contribution in [1.29, 1.82) is 5.41 Å². The van der Waals surface area contributed by atoms with Crippen LogP contribution in [-0.4, -0.2) is 20.5 Å². The first-order chi connectivity index (χ1) is 17.5. The third-order valence-corrected chi connectivity index (χ3v) is 6.64. The van der Waals surface area contributed by atoms with Gasteiger partial charge < -0.3 is 14.8 Å². The van der Waals surface area contributed by atoms with Gasteiger partial charge >= 0.3 is 0 Å². The van der Waals surface area contributed by atoms with Gasteiger partial charge in [0, 0.05) is 35.1 Å². The first-order valence-electron chi connectivity index (χ1n) is 14.2. The molecule has 3 rings (SSSR count). The molecule has 0 amide bonds. The molecule has 6 heteroatoms. The second-order valence-corrected chi connectivity index (χ2v) is 10.1. The Kier molecular flexibility index (Phi) is 13.9. The van der Waals surface area contributed by atoms with Crippen molar-refractivity contribution in [1.82, 2.24) is 14.7 Å². The molecule has 0 spiro atoms. The minimum atomic E-state index is 0.167. The van der Waals surface area contributed by atoms with Crippen LogP contribution >= 0.6 is 0 Å². The van der Waals surface area contributed by atoms with E-state index in [2.05, 4.69) is 61.0 Å². The molecule has 3 N–H and O–H groups in total. The lowest BCUT2D eigenvalue weighted by atomic mass is 10.0. The summed E-state index contributed by atoms with van der Waals surface area (Å²) in [5.41, 5.74) is 7.05. The Morgan fingerprint density at radius 2 is 1.53 bits per heavy atom. The van der Waals surface area contributed by atoms with Gasteiger partial charge in [-0.2, -0.15) is 4.98 Å². The summed E-state index contributed by atoms with van der Waals surface area (Å²) >= 11 is 0. The van der Waals surface area contributed by atoms with Crippen LogP contribution in [0.3, 0.4) is 0 Å². The molecule has 6 nitrogen and oxygen atoms in total. The zero-order chi connectivity index (χ0) is 26.2. The number of para-hydroxylation sites is 1. The number of nitrogens with two attached hydrogens (primary N) is 1. The Labute approximate surface area is 218 Å². The lowest BCUT2D eigenvalue weighted by Crippen LogP contribution is -2.00. The summed E-state index contributed by atoms with van der Waals surface area (Å²) in [6, 6.07) is 8.60. The van der Waals surface area contributed by atoms with E-state index in [-0.39, 0.29) is 5.84 Å². The lowest BCUT2D eigenvalue weighted by Gasteiger charge is -2.05. The number of benzene rings is 1. The van der Waals surface area contributed by atoms with Crippen molar-refractivity contribution in [3.8, 4) is 11.4 Å². The van der Waals surface area contributed by atoms with Crippen molar-refractivity contribution < 1.29 is 4.52 Å². The van der Waals surface area contributed by atoms with Crippen LogP contribution in [0.4, 0.5) is 0 Å². The Morgan fingerprint density at radius 1 is 0.944 bits per heavy atom. The molecule has 0 unspecified atom stereocenters. The maximum Gasteiger partial charge on any atom is 0.229 e. The molecule has 2 aromatic heterocycles. The fourth-order valence-electron chi connectivity index (χ4n) is 4.56. The number of aryl methyl sites for hydroxylation is 1. The molecule has 200 valence electrons. The first-order valence-corrected chi connectivity index (χ1v) is 14.2.